The standard InChI is InChI=1S/C15H11BrFN3/c16-10-6-11-14(20-18)8-13(9-4-2-1-3-5-9)19-15(11)12(17)7-10/h1-8H,18H2,(H,19,20). The fourth-order valence-corrected chi connectivity index (χ4v) is 2.56. The van der Waals surface area contributed by atoms with Crippen LogP contribution in [0.1, 0.15) is 0 Å². The summed E-state index contributed by atoms with van der Waals surface area (Å²) in [7, 11) is 0. The van der Waals surface area contributed by atoms with Crippen LogP contribution in [0.4, 0.5) is 10.1 Å². The summed E-state index contributed by atoms with van der Waals surface area (Å²) in [4.78, 5) is 4.40. The summed E-state index contributed by atoms with van der Waals surface area (Å²) in [6.07, 6.45) is 0. The Morgan fingerprint density at radius 3 is 2.55 bits per heavy atom. The number of aromatic nitrogens is 1. The molecule has 0 radical (unpaired) electrons. The zero-order chi connectivity index (χ0) is 14.1. The van der Waals surface area contributed by atoms with Gasteiger partial charge >= 0.3 is 0 Å². The summed E-state index contributed by atoms with van der Waals surface area (Å²) in [6, 6.07) is 14.6. The van der Waals surface area contributed by atoms with Gasteiger partial charge in [0.1, 0.15) is 5.52 Å². The first-order valence-corrected chi connectivity index (χ1v) is 6.80. The number of benzene rings is 2. The molecule has 5 heteroatoms. The van der Waals surface area contributed by atoms with Crippen molar-refractivity contribution in [3.8, 4) is 11.3 Å². The molecule has 1 heterocycles. The molecule has 0 unspecified atom stereocenters. The molecule has 1 aromatic heterocycles. The van der Waals surface area contributed by atoms with Crippen LogP contribution in [0, 0.1) is 5.82 Å². The molecule has 100 valence electrons. The van der Waals surface area contributed by atoms with Crippen LogP contribution in [-0.4, -0.2) is 4.98 Å². The minimum absolute atomic E-state index is 0.294. The average molecular weight is 332 g/mol. The molecule has 0 saturated carbocycles. The highest BCUT2D eigenvalue weighted by Crippen LogP contribution is 2.31. The molecule has 0 amide bonds. The minimum Gasteiger partial charge on any atom is -0.323 e. The first kappa shape index (κ1) is 13.0. The van der Waals surface area contributed by atoms with Crippen LogP contribution in [-0.2, 0) is 0 Å². The smallest absolute Gasteiger partial charge is 0.150 e. The maximum absolute atomic E-state index is 14.1. The SMILES string of the molecule is NNc1cc(-c2ccccc2)nc2c(F)cc(Br)cc12. The molecule has 3 nitrogen and oxygen atoms in total. The molecule has 0 saturated heterocycles. The molecular weight excluding hydrogens is 321 g/mol. The van der Waals surface area contributed by atoms with Crippen molar-refractivity contribution in [2.45, 2.75) is 0 Å². The average Bonchev–Trinajstić information content (AvgIpc) is 2.47. The largest absolute Gasteiger partial charge is 0.323 e. The molecule has 0 aliphatic carbocycles. The highest BCUT2D eigenvalue weighted by Gasteiger charge is 2.11. The number of nitrogen functional groups attached to an aromatic ring is 1. The van der Waals surface area contributed by atoms with Gasteiger partial charge in [-0.05, 0) is 18.2 Å². The van der Waals surface area contributed by atoms with Crippen LogP contribution in [0.5, 0.6) is 0 Å². The summed E-state index contributed by atoms with van der Waals surface area (Å²) in [5.74, 6) is 5.16. The number of hydrogen-bond acceptors (Lipinski definition) is 3. The number of hydrogen-bond donors (Lipinski definition) is 2. The third-order valence-electron chi connectivity index (χ3n) is 3.06. The first-order chi connectivity index (χ1) is 9.69. The predicted molar refractivity (Wildman–Crippen MR) is 82.6 cm³/mol. The van der Waals surface area contributed by atoms with E-state index in [4.69, 9.17) is 5.84 Å². The summed E-state index contributed by atoms with van der Waals surface area (Å²) in [5.41, 5.74) is 5.12. The van der Waals surface area contributed by atoms with E-state index < -0.39 is 0 Å². The zero-order valence-electron chi connectivity index (χ0n) is 10.4. The summed E-state index contributed by atoms with van der Waals surface area (Å²) >= 11 is 3.27. The third-order valence-corrected chi connectivity index (χ3v) is 3.51. The molecule has 3 aromatic rings. The predicted octanol–water partition coefficient (Wildman–Crippen LogP) is 4.09. The lowest BCUT2D eigenvalue weighted by Gasteiger charge is -2.10. The van der Waals surface area contributed by atoms with Crippen molar-refractivity contribution in [3.05, 3.63) is 58.8 Å². The molecule has 20 heavy (non-hydrogen) atoms. The van der Waals surface area contributed by atoms with Gasteiger partial charge in [0.15, 0.2) is 5.82 Å². The van der Waals surface area contributed by atoms with Gasteiger partial charge in [0.25, 0.3) is 0 Å². The Balaban J connectivity index is 2.32. The number of fused-ring (bicyclic) bond motifs is 1. The Labute approximate surface area is 123 Å². The molecule has 2 aromatic carbocycles. The fourth-order valence-electron chi connectivity index (χ4n) is 2.13. The molecule has 0 aliphatic heterocycles. The van der Waals surface area contributed by atoms with Gasteiger partial charge in [-0.25, -0.2) is 9.37 Å². The minimum atomic E-state index is -0.386. The quantitative estimate of drug-likeness (QED) is 0.549. The second kappa shape index (κ2) is 5.19. The molecule has 3 N–H and O–H groups in total. The van der Waals surface area contributed by atoms with Gasteiger partial charge in [0.05, 0.1) is 11.4 Å². The molecular formula is C15H11BrFN3. The highest BCUT2D eigenvalue weighted by atomic mass is 79.9. The first-order valence-electron chi connectivity index (χ1n) is 6.01. The number of pyridine rings is 1. The lowest BCUT2D eigenvalue weighted by molar-refractivity contribution is 0.636. The number of nitrogens with two attached hydrogens (primary N) is 1. The third kappa shape index (κ3) is 2.26. The second-order valence-electron chi connectivity index (χ2n) is 4.35. The van der Waals surface area contributed by atoms with Crippen molar-refractivity contribution in [2.24, 2.45) is 5.84 Å². The maximum atomic E-state index is 14.1. The molecule has 0 fully saturated rings. The van der Waals surface area contributed by atoms with E-state index in [-0.39, 0.29) is 5.82 Å². The molecule has 0 aliphatic rings. The Hall–Kier alpha value is -1.98. The number of halogens is 2. The van der Waals surface area contributed by atoms with Crippen molar-refractivity contribution >= 4 is 32.5 Å². The van der Waals surface area contributed by atoms with Gasteiger partial charge < -0.3 is 5.43 Å². The van der Waals surface area contributed by atoms with Crippen LogP contribution < -0.4 is 11.3 Å². The van der Waals surface area contributed by atoms with Crippen LogP contribution in [0.2, 0.25) is 0 Å². The van der Waals surface area contributed by atoms with E-state index >= 15 is 0 Å². The van der Waals surface area contributed by atoms with E-state index in [2.05, 4.69) is 26.3 Å². The maximum Gasteiger partial charge on any atom is 0.150 e. The van der Waals surface area contributed by atoms with Crippen molar-refractivity contribution in [1.82, 2.24) is 4.98 Å². The number of nitrogens with zero attached hydrogens (tertiary/aromatic N) is 1. The van der Waals surface area contributed by atoms with E-state index in [0.717, 1.165) is 5.56 Å². The van der Waals surface area contributed by atoms with Gasteiger partial charge in [-0.15, -0.1) is 0 Å². The normalized spacial score (nSPS) is 10.8. The lowest BCUT2D eigenvalue weighted by Crippen LogP contribution is -2.08. The Kier molecular flexibility index (Phi) is 3.38. The van der Waals surface area contributed by atoms with Crippen LogP contribution >= 0.6 is 15.9 Å². The monoisotopic (exact) mass is 331 g/mol. The Morgan fingerprint density at radius 1 is 1.10 bits per heavy atom. The van der Waals surface area contributed by atoms with Gasteiger partial charge in [0, 0.05) is 15.4 Å². The molecule has 0 atom stereocenters. The van der Waals surface area contributed by atoms with Crippen molar-refractivity contribution in [3.63, 3.8) is 0 Å². The van der Waals surface area contributed by atoms with Gasteiger partial charge in [-0.1, -0.05) is 46.3 Å². The zero-order valence-corrected chi connectivity index (χ0v) is 12.0. The van der Waals surface area contributed by atoms with Crippen molar-refractivity contribution in [1.29, 1.82) is 0 Å². The van der Waals surface area contributed by atoms with Crippen molar-refractivity contribution in [2.75, 3.05) is 5.43 Å². The highest BCUT2D eigenvalue weighted by molar-refractivity contribution is 9.10. The van der Waals surface area contributed by atoms with Gasteiger partial charge in [-0.2, -0.15) is 0 Å². The van der Waals surface area contributed by atoms with E-state index in [1.807, 2.05) is 36.4 Å². The van der Waals surface area contributed by atoms with Crippen LogP contribution in [0.25, 0.3) is 22.2 Å². The fraction of sp³-hybridized carbons (Fsp3) is 0. The number of anilines is 1. The van der Waals surface area contributed by atoms with E-state index in [0.29, 0.717) is 26.8 Å². The molecule has 0 bridgehead atoms. The van der Waals surface area contributed by atoms with Gasteiger partial charge in [-0.3, -0.25) is 5.84 Å². The number of rotatable bonds is 2. The van der Waals surface area contributed by atoms with Crippen molar-refractivity contribution < 1.29 is 4.39 Å². The van der Waals surface area contributed by atoms with Crippen LogP contribution in [0.3, 0.4) is 0 Å². The second-order valence-corrected chi connectivity index (χ2v) is 5.26. The molecule has 0 spiro atoms. The van der Waals surface area contributed by atoms with E-state index in [1.54, 1.807) is 6.07 Å². The van der Waals surface area contributed by atoms with E-state index in [1.165, 1.54) is 6.07 Å². The van der Waals surface area contributed by atoms with Crippen LogP contribution in [0.15, 0.2) is 53.0 Å². The Bertz CT molecular complexity index is 775. The van der Waals surface area contributed by atoms with E-state index in [9.17, 15) is 4.39 Å². The topological polar surface area (TPSA) is 50.9 Å². The number of hydrazine groups is 1. The lowest BCUT2D eigenvalue weighted by atomic mass is 10.1. The summed E-state index contributed by atoms with van der Waals surface area (Å²) in [5, 5.41) is 0.638. The summed E-state index contributed by atoms with van der Waals surface area (Å²) < 4.78 is 14.7. The van der Waals surface area contributed by atoms with Gasteiger partial charge in [0.2, 0.25) is 0 Å². The summed E-state index contributed by atoms with van der Waals surface area (Å²) in [6.45, 7) is 0. The number of nitrogens with one attached hydrogen (secondary N) is 1. The molecule has 3 rings (SSSR count). The Morgan fingerprint density at radius 2 is 1.85 bits per heavy atom.